The Bertz CT molecular complexity index is 796. The molecule has 0 amide bonds. The highest BCUT2D eigenvalue weighted by atomic mass is 16.5. The predicted octanol–water partition coefficient (Wildman–Crippen LogP) is 2.30. The number of fused-ring (bicyclic) bond motifs is 1. The van der Waals surface area contributed by atoms with Gasteiger partial charge < -0.3 is 15.5 Å². The Labute approximate surface area is 108 Å². The van der Waals surface area contributed by atoms with E-state index >= 15 is 0 Å². The molecule has 3 rings (SSSR count). The van der Waals surface area contributed by atoms with Crippen LogP contribution in [0.15, 0.2) is 53.6 Å². The molecule has 3 aromatic rings. The van der Waals surface area contributed by atoms with Gasteiger partial charge in [-0.05, 0) is 22.9 Å². The van der Waals surface area contributed by atoms with Gasteiger partial charge in [0.05, 0.1) is 6.33 Å². The van der Waals surface area contributed by atoms with Crippen LogP contribution in [-0.4, -0.2) is 9.97 Å². The highest BCUT2D eigenvalue weighted by Gasteiger charge is 2.07. The fraction of sp³-hybridized carbons (Fsp3) is 0. The molecule has 0 bridgehead atoms. The van der Waals surface area contributed by atoms with E-state index in [4.69, 9.17) is 10.5 Å². The Morgan fingerprint density at radius 1 is 1.11 bits per heavy atom. The smallest absolute Gasteiger partial charge is 0.277 e. The van der Waals surface area contributed by atoms with Crippen molar-refractivity contribution < 1.29 is 4.74 Å². The number of benzene rings is 2. The number of hydrogen-bond acceptors (Lipinski definition) is 4. The van der Waals surface area contributed by atoms with Crippen LogP contribution >= 0.6 is 0 Å². The number of aromatic nitrogens is 2. The lowest BCUT2D eigenvalue weighted by atomic mass is 10.1. The Balaban J connectivity index is 2.01. The van der Waals surface area contributed by atoms with E-state index in [2.05, 4.69) is 9.97 Å². The number of nitrogen functional groups attached to an aromatic ring is 1. The van der Waals surface area contributed by atoms with Crippen molar-refractivity contribution >= 4 is 16.5 Å². The average Bonchev–Trinajstić information content (AvgIpc) is 2.44. The van der Waals surface area contributed by atoms with E-state index < -0.39 is 5.56 Å². The largest absolute Gasteiger partial charge is 0.437 e. The van der Waals surface area contributed by atoms with Crippen LogP contribution in [-0.2, 0) is 0 Å². The van der Waals surface area contributed by atoms with E-state index in [1.165, 1.54) is 6.33 Å². The standard InChI is InChI=1S/C14H11N3O2/c15-12-13(18)16-8-17-14(12)19-11-6-5-9-3-1-2-4-10(9)7-11/h1-8H,15H2,(H,16,17,18). The van der Waals surface area contributed by atoms with Gasteiger partial charge in [0.15, 0.2) is 5.69 Å². The molecule has 0 radical (unpaired) electrons. The summed E-state index contributed by atoms with van der Waals surface area (Å²) in [4.78, 5) is 17.6. The maximum atomic E-state index is 11.3. The minimum atomic E-state index is -0.411. The molecule has 0 aliphatic heterocycles. The molecule has 0 spiro atoms. The van der Waals surface area contributed by atoms with E-state index in [0.29, 0.717) is 5.75 Å². The number of anilines is 1. The van der Waals surface area contributed by atoms with E-state index in [-0.39, 0.29) is 11.6 Å². The zero-order valence-corrected chi connectivity index (χ0v) is 9.96. The van der Waals surface area contributed by atoms with Crippen LogP contribution in [0.4, 0.5) is 5.69 Å². The number of nitrogens with zero attached hydrogens (tertiary/aromatic N) is 1. The molecule has 94 valence electrons. The fourth-order valence-electron chi connectivity index (χ4n) is 1.82. The second-order valence-electron chi connectivity index (χ2n) is 4.06. The van der Waals surface area contributed by atoms with Crippen molar-refractivity contribution in [1.82, 2.24) is 9.97 Å². The lowest BCUT2D eigenvalue weighted by Crippen LogP contribution is -2.13. The molecule has 0 saturated carbocycles. The highest BCUT2D eigenvalue weighted by molar-refractivity contribution is 5.83. The van der Waals surface area contributed by atoms with Crippen LogP contribution < -0.4 is 16.0 Å². The number of nitrogens with two attached hydrogens (primary N) is 1. The van der Waals surface area contributed by atoms with Gasteiger partial charge in [-0.2, -0.15) is 0 Å². The van der Waals surface area contributed by atoms with Crippen LogP contribution in [0.1, 0.15) is 0 Å². The molecule has 3 N–H and O–H groups in total. The van der Waals surface area contributed by atoms with Crippen molar-refractivity contribution in [3.8, 4) is 11.6 Å². The number of ether oxygens (including phenoxy) is 1. The average molecular weight is 253 g/mol. The zero-order valence-electron chi connectivity index (χ0n) is 9.96. The first-order valence-electron chi connectivity index (χ1n) is 5.74. The summed E-state index contributed by atoms with van der Waals surface area (Å²) in [5, 5.41) is 2.16. The van der Waals surface area contributed by atoms with Crippen molar-refractivity contribution in [2.24, 2.45) is 0 Å². The predicted molar refractivity (Wildman–Crippen MR) is 73.3 cm³/mol. The first-order valence-corrected chi connectivity index (χ1v) is 5.74. The summed E-state index contributed by atoms with van der Waals surface area (Å²) in [6, 6.07) is 13.5. The number of aromatic amines is 1. The van der Waals surface area contributed by atoms with Crippen molar-refractivity contribution in [3.05, 3.63) is 59.1 Å². The topological polar surface area (TPSA) is 81.0 Å². The first kappa shape index (κ1) is 11.3. The van der Waals surface area contributed by atoms with Gasteiger partial charge in [0.25, 0.3) is 5.56 Å². The van der Waals surface area contributed by atoms with Gasteiger partial charge in [-0.25, -0.2) is 4.98 Å². The van der Waals surface area contributed by atoms with Gasteiger partial charge >= 0.3 is 0 Å². The van der Waals surface area contributed by atoms with Gasteiger partial charge in [-0.1, -0.05) is 30.3 Å². The van der Waals surface area contributed by atoms with E-state index in [1.54, 1.807) is 0 Å². The molecule has 0 aliphatic rings. The van der Waals surface area contributed by atoms with Gasteiger partial charge in [-0.3, -0.25) is 4.79 Å². The van der Waals surface area contributed by atoms with Crippen LogP contribution in [0.5, 0.6) is 11.6 Å². The van der Waals surface area contributed by atoms with Crippen molar-refractivity contribution in [2.45, 2.75) is 0 Å². The summed E-state index contributed by atoms with van der Waals surface area (Å²) in [5.74, 6) is 0.697. The van der Waals surface area contributed by atoms with Crippen LogP contribution in [0.2, 0.25) is 0 Å². The SMILES string of the molecule is Nc1c(Oc2ccc3ccccc3c2)nc[nH]c1=O. The molecule has 0 unspecified atom stereocenters. The molecule has 0 atom stereocenters. The molecular formula is C14H11N3O2. The van der Waals surface area contributed by atoms with E-state index in [9.17, 15) is 4.79 Å². The summed E-state index contributed by atoms with van der Waals surface area (Å²) in [6.07, 6.45) is 1.26. The normalized spacial score (nSPS) is 10.5. The van der Waals surface area contributed by atoms with Crippen LogP contribution in [0.3, 0.4) is 0 Å². The Hall–Kier alpha value is -2.82. The quantitative estimate of drug-likeness (QED) is 0.734. The lowest BCUT2D eigenvalue weighted by Gasteiger charge is -2.07. The minimum Gasteiger partial charge on any atom is -0.437 e. The lowest BCUT2D eigenvalue weighted by molar-refractivity contribution is 0.464. The van der Waals surface area contributed by atoms with Gasteiger partial charge in [-0.15, -0.1) is 0 Å². The third kappa shape index (κ3) is 2.13. The summed E-state index contributed by atoms with van der Waals surface area (Å²) in [7, 11) is 0. The molecule has 0 saturated heterocycles. The van der Waals surface area contributed by atoms with Crippen molar-refractivity contribution in [3.63, 3.8) is 0 Å². The van der Waals surface area contributed by atoms with E-state index in [0.717, 1.165) is 10.8 Å². The molecule has 0 aliphatic carbocycles. The molecule has 2 aromatic carbocycles. The third-order valence-corrected chi connectivity index (χ3v) is 2.79. The van der Waals surface area contributed by atoms with Crippen molar-refractivity contribution in [2.75, 3.05) is 5.73 Å². The fourth-order valence-corrected chi connectivity index (χ4v) is 1.82. The summed E-state index contributed by atoms with van der Waals surface area (Å²) in [5.41, 5.74) is 5.17. The maximum Gasteiger partial charge on any atom is 0.277 e. The number of H-pyrrole nitrogens is 1. The van der Waals surface area contributed by atoms with Crippen LogP contribution in [0, 0.1) is 0 Å². The molecule has 1 aromatic heterocycles. The minimum absolute atomic E-state index is 0.0318. The van der Waals surface area contributed by atoms with E-state index in [1.807, 2.05) is 42.5 Å². The Morgan fingerprint density at radius 3 is 2.74 bits per heavy atom. The third-order valence-electron chi connectivity index (χ3n) is 2.79. The number of nitrogens with one attached hydrogen (secondary N) is 1. The van der Waals surface area contributed by atoms with Gasteiger partial charge in [0.1, 0.15) is 5.75 Å². The number of hydrogen-bond donors (Lipinski definition) is 2. The van der Waals surface area contributed by atoms with Crippen molar-refractivity contribution in [1.29, 1.82) is 0 Å². The molecule has 5 nitrogen and oxygen atoms in total. The Kier molecular flexibility index (Phi) is 2.64. The Morgan fingerprint density at radius 2 is 1.89 bits per heavy atom. The molecule has 19 heavy (non-hydrogen) atoms. The molecule has 5 heteroatoms. The summed E-state index contributed by atoms with van der Waals surface area (Å²) in [6.45, 7) is 0. The van der Waals surface area contributed by atoms with Crippen LogP contribution in [0.25, 0.3) is 10.8 Å². The second-order valence-corrected chi connectivity index (χ2v) is 4.06. The molecule has 1 heterocycles. The van der Waals surface area contributed by atoms with Gasteiger partial charge in [0, 0.05) is 0 Å². The monoisotopic (exact) mass is 253 g/mol. The first-order chi connectivity index (χ1) is 9.24. The maximum absolute atomic E-state index is 11.3. The molecule has 0 fully saturated rings. The summed E-state index contributed by atoms with van der Waals surface area (Å²) >= 11 is 0. The molecular weight excluding hydrogens is 242 g/mol. The number of rotatable bonds is 2. The summed E-state index contributed by atoms with van der Waals surface area (Å²) < 4.78 is 5.54. The second kappa shape index (κ2) is 4.45. The van der Waals surface area contributed by atoms with Gasteiger partial charge in [0.2, 0.25) is 5.88 Å². The zero-order chi connectivity index (χ0) is 13.2. The highest BCUT2D eigenvalue weighted by Crippen LogP contribution is 2.25.